The largest absolute Gasteiger partial charge is 0.384 e. The Morgan fingerprint density at radius 1 is 1.56 bits per heavy atom. The monoisotopic (exact) mass is 270 g/mol. The van der Waals surface area contributed by atoms with Crippen molar-refractivity contribution in [1.29, 1.82) is 0 Å². The number of pyridine rings is 1. The molecule has 0 radical (unpaired) electrons. The Bertz CT molecular complexity index is 411. The zero-order chi connectivity index (χ0) is 13.5. The Kier molecular flexibility index (Phi) is 5.88. The molecule has 1 amide bonds. The van der Waals surface area contributed by atoms with E-state index in [9.17, 15) is 4.79 Å². The molecule has 0 atom stereocenters. The van der Waals surface area contributed by atoms with Crippen molar-refractivity contribution < 1.29 is 4.79 Å². The number of likely N-dealkylation sites (N-methyl/N-ethyl adjacent to an activating group) is 1. The van der Waals surface area contributed by atoms with Crippen LogP contribution in [0.15, 0.2) is 12.1 Å². The first-order valence-electron chi connectivity index (χ1n) is 5.90. The van der Waals surface area contributed by atoms with Gasteiger partial charge in [0.1, 0.15) is 5.82 Å². The van der Waals surface area contributed by atoms with Gasteiger partial charge in [0.2, 0.25) is 5.91 Å². The summed E-state index contributed by atoms with van der Waals surface area (Å²) in [6.45, 7) is 3.72. The molecule has 0 unspecified atom stereocenters. The zero-order valence-electron chi connectivity index (χ0n) is 10.7. The standard InChI is InChI=1S/C12H19ClN4O/c1-3-6-17(8-12(18)15-2)7-10-9(13)4-5-11(14)16-10/h4-5H,3,6-8H2,1-2H3,(H2,14,16)(H,15,18). The number of nitrogens with one attached hydrogen (secondary N) is 1. The number of nitrogens with zero attached hydrogens (tertiary/aromatic N) is 2. The van der Waals surface area contributed by atoms with Gasteiger partial charge in [0.05, 0.1) is 17.3 Å². The van der Waals surface area contributed by atoms with E-state index in [-0.39, 0.29) is 5.91 Å². The number of amides is 1. The van der Waals surface area contributed by atoms with E-state index in [1.165, 1.54) is 0 Å². The third kappa shape index (κ3) is 4.50. The Morgan fingerprint density at radius 2 is 2.28 bits per heavy atom. The number of carbonyl (C=O) groups is 1. The molecule has 0 spiro atoms. The molecule has 1 heterocycles. The molecule has 3 N–H and O–H groups in total. The van der Waals surface area contributed by atoms with Crippen LogP contribution in [-0.4, -0.2) is 35.9 Å². The second-order valence-corrected chi connectivity index (χ2v) is 4.46. The molecular weight excluding hydrogens is 252 g/mol. The van der Waals surface area contributed by atoms with Crippen LogP contribution in [0.5, 0.6) is 0 Å². The molecule has 0 aliphatic carbocycles. The number of rotatable bonds is 6. The fourth-order valence-corrected chi connectivity index (χ4v) is 1.80. The Balaban J connectivity index is 2.75. The number of nitrogens with two attached hydrogens (primary N) is 1. The highest BCUT2D eigenvalue weighted by Gasteiger charge is 2.12. The van der Waals surface area contributed by atoms with Crippen LogP contribution in [0.25, 0.3) is 0 Å². The summed E-state index contributed by atoms with van der Waals surface area (Å²) < 4.78 is 0. The van der Waals surface area contributed by atoms with E-state index < -0.39 is 0 Å². The number of hydrogen-bond acceptors (Lipinski definition) is 4. The normalized spacial score (nSPS) is 10.7. The van der Waals surface area contributed by atoms with Gasteiger partial charge in [-0.2, -0.15) is 0 Å². The highest BCUT2D eigenvalue weighted by Crippen LogP contribution is 2.17. The zero-order valence-corrected chi connectivity index (χ0v) is 11.5. The predicted molar refractivity (Wildman–Crippen MR) is 73.3 cm³/mol. The summed E-state index contributed by atoms with van der Waals surface area (Å²) in [6.07, 6.45) is 0.955. The Labute approximate surface area is 112 Å². The molecule has 5 nitrogen and oxygen atoms in total. The lowest BCUT2D eigenvalue weighted by molar-refractivity contribution is -0.121. The summed E-state index contributed by atoms with van der Waals surface area (Å²) in [5.41, 5.74) is 6.34. The smallest absolute Gasteiger partial charge is 0.233 e. The lowest BCUT2D eigenvalue weighted by Gasteiger charge is -2.20. The van der Waals surface area contributed by atoms with Crippen LogP contribution in [0, 0.1) is 0 Å². The summed E-state index contributed by atoms with van der Waals surface area (Å²) in [5, 5.41) is 3.18. The minimum Gasteiger partial charge on any atom is -0.384 e. The van der Waals surface area contributed by atoms with Crippen molar-refractivity contribution in [3.8, 4) is 0 Å². The minimum absolute atomic E-state index is 0.0246. The average molecular weight is 271 g/mol. The molecule has 1 aromatic rings. The predicted octanol–water partition coefficient (Wildman–Crippen LogP) is 1.28. The molecule has 1 aromatic heterocycles. The summed E-state index contributed by atoms with van der Waals surface area (Å²) in [5.74, 6) is 0.411. The summed E-state index contributed by atoms with van der Waals surface area (Å²) in [6, 6.07) is 3.39. The SMILES string of the molecule is CCCN(CC(=O)NC)Cc1nc(N)ccc1Cl. The van der Waals surface area contributed by atoms with E-state index >= 15 is 0 Å². The van der Waals surface area contributed by atoms with Crippen LogP contribution in [0.2, 0.25) is 5.02 Å². The van der Waals surface area contributed by atoms with Crippen molar-refractivity contribution >= 4 is 23.3 Å². The molecule has 0 aromatic carbocycles. The maximum absolute atomic E-state index is 11.4. The molecule has 0 aliphatic heterocycles. The quantitative estimate of drug-likeness (QED) is 0.817. The first kappa shape index (κ1) is 14.7. The molecule has 1 rings (SSSR count). The van der Waals surface area contributed by atoms with E-state index in [4.69, 9.17) is 17.3 Å². The summed E-state index contributed by atoms with van der Waals surface area (Å²) in [7, 11) is 1.62. The van der Waals surface area contributed by atoms with Crippen molar-refractivity contribution in [2.45, 2.75) is 19.9 Å². The Hall–Kier alpha value is -1.33. The van der Waals surface area contributed by atoms with Gasteiger partial charge < -0.3 is 11.1 Å². The molecule has 6 heteroatoms. The van der Waals surface area contributed by atoms with Gasteiger partial charge in [0.15, 0.2) is 0 Å². The van der Waals surface area contributed by atoms with Gasteiger partial charge >= 0.3 is 0 Å². The third-order valence-electron chi connectivity index (χ3n) is 2.50. The molecule has 0 fully saturated rings. The fourth-order valence-electron chi connectivity index (χ4n) is 1.64. The van der Waals surface area contributed by atoms with Crippen molar-refractivity contribution in [2.24, 2.45) is 0 Å². The number of anilines is 1. The number of halogens is 1. The fraction of sp³-hybridized carbons (Fsp3) is 0.500. The number of nitrogen functional groups attached to an aromatic ring is 1. The van der Waals surface area contributed by atoms with Crippen LogP contribution >= 0.6 is 11.6 Å². The van der Waals surface area contributed by atoms with Gasteiger partial charge in [-0.1, -0.05) is 18.5 Å². The van der Waals surface area contributed by atoms with Crippen molar-refractivity contribution in [3.63, 3.8) is 0 Å². The van der Waals surface area contributed by atoms with Crippen LogP contribution in [0.3, 0.4) is 0 Å². The molecule has 0 saturated carbocycles. The topological polar surface area (TPSA) is 71.2 Å². The molecule has 0 aliphatic rings. The maximum Gasteiger partial charge on any atom is 0.233 e. The van der Waals surface area contributed by atoms with E-state index in [1.807, 2.05) is 4.90 Å². The van der Waals surface area contributed by atoms with E-state index in [0.29, 0.717) is 29.6 Å². The molecular formula is C12H19ClN4O. The molecule has 0 bridgehead atoms. The highest BCUT2D eigenvalue weighted by atomic mass is 35.5. The third-order valence-corrected chi connectivity index (χ3v) is 2.84. The van der Waals surface area contributed by atoms with Crippen LogP contribution in [-0.2, 0) is 11.3 Å². The van der Waals surface area contributed by atoms with Gasteiger partial charge in [-0.15, -0.1) is 0 Å². The molecule has 18 heavy (non-hydrogen) atoms. The van der Waals surface area contributed by atoms with E-state index in [1.54, 1.807) is 19.2 Å². The summed E-state index contributed by atoms with van der Waals surface area (Å²) in [4.78, 5) is 17.6. The van der Waals surface area contributed by atoms with Gasteiger partial charge in [-0.3, -0.25) is 9.69 Å². The van der Waals surface area contributed by atoms with Gasteiger partial charge in [-0.25, -0.2) is 4.98 Å². The number of hydrogen-bond donors (Lipinski definition) is 2. The van der Waals surface area contributed by atoms with Crippen LogP contribution < -0.4 is 11.1 Å². The average Bonchev–Trinajstić information content (AvgIpc) is 2.34. The first-order valence-corrected chi connectivity index (χ1v) is 6.28. The highest BCUT2D eigenvalue weighted by molar-refractivity contribution is 6.31. The van der Waals surface area contributed by atoms with Crippen molar-refractivity contribution in [3.05, 3.63) is 22.8 Å². The first-order chi connectivity index (χ1) is 8.56. The van der Waals surface area contributed by atoms with Crippen molar-refractivity contribution in [2.75, 3.05) is 25.9 Å². The molecule has 100 valence electrons. The van der Waals surface area contributed by atoms with E-state index in [0.717, 1.165) is 13.0 Å². The van der Waals surface area contributed by atoms with Crippen molar-refractivity contribution in [1.82, 2.24) is 15.2 Å². The minimum atomic E-state index is -0.0246. The van der Waals surface area contributed by atoms with Crippen LogP contribution in [0.1, 0.15) is 19.0 Å². The van der Waals surface area contributed by atoms with Gasteiger partial charge in [0.25, 0.3) is 0 Å². The number of aromatic nitrogens is 1. The maximum atomic E-state index is 11.4. The lowest BCUT2D eigenvalue weighted by Crippen LogP contribution is -2.36. The van der Waals surface area contributed by atoms with Gasteiger partial charge in [-0.05, 0) is 25.1 Å². The lowest BCUT2D eigenvalue weighted by atomic mass is 10.3. The second-order valence-electron chi connectivity index (χ2n) is 4.05. The molecule has 0 saturated heterocycles. The summed E-state index contributed by atoms with van der Waals surface area (Å²) >= 11 is 6.07. The van der Waals surface area contributed by atoms with Crippen LogP contribution in [0.4, 0.5) is 5.82 Å². The van der Waals surface area contributed by atoms with E-state index in [2.05, 4.69) is 17.2 Å². The van der Waals surface area contributed by atoms with Gasteiger partial charge in [0, 0.05) is 13.6 Å². The Morgan fingerprint density at radius 3 is 2.89 bits per heavy atom. The number of carbonyl (C=O) groups excluding carboxylic acids is 1. The second kappa shape index (κ2) is 7.18.